The van der Waals surface area contributed by atoms with E-state index in [9.17, 15) is 9.59 Å². The third-order valence-electron chi connectivity index (χ3n) is 2.85. The second-order valence-electron chi connectivity index (χ2n) is 7.29. The molecule has 0 spiro atoms. The molecule has 0 saturated heterocycles. The van der Waals surface area contributed by atoms with Crippen molar-refractivity contribution >= 4 is 35.1 Å². The number of ketones is 2. The van der Waals surface area contributed by atoms with Crippen LogP contribution in [0.25, 0.3) is 0 Å². The molecule has 22 heavy (non-hydrogen) atoms. The molecule has 0 unspecified atom stereocenters. The minimum Gasteiger partial charge on any atom is -0.288 e. The number of Topliss-reactive ketones (excluding diaryl/α,β-unsaturated/α-hetero) is 2. The lowest BCUT2D eigenvalue weighted by molar-refractivity contribution is 0.0988. The summed E-state index contributed by atoms with van der Waals surface area (Å²) in [5, 5.41) is 0. The molecule has 1 aliphatic carbocycles. The zero-order valence-corrected chi connectivity index (χ0v) is 15.6. The van der Waals surface area contributed by atoms with Crippen LogP contribution in [-0.4, -0.2) is 21.1 Å². The van der Waals surface area contributed by atoms with Gasteiger partial charge >= 0.3 is 0 Å². The molecule has 0 amide bonds. The number of carbonyl (C=O) groups excluding carboxylic acids is 2. The van der Waals surface area contributed by atoms with Gasteiger partial charge in [-0.15, -0.1) is 23.5 Å². The van der Waals surface area contributed by atoms with Crippen LogP contribution in [0.5, 0.6) is 0 Å². The quantitative estimate of drug-likeness (QED) is 0.731. The number of carbonyl (C=O) groups is 2. The summed E-state index contributed by atoms with van der Waals surface area (Å²) in [4.78, 5) is 27.0. The topological polar surface area (TPSA) is 34.1 Å². The Bertz CT molecular complexity index is 601. The molecule has 0 radical (unpaired) electrons. The predicted octanol–water partition coefficient (Wildman–Crippen LogP) is 5.34. The van der Waals surface area contributed by atoms with Crippen LogP contribution in [0.15, 0.2) is 34.1 Å². The molecule has 1 aromatic carbocycles. The molecule has 2 nitrogen and oxygen atoms in total. The molecule has 0 heterocycles. The van der Waals surface area contributed by atoms with Crippen molar-refractivity contribution in [2.24, 2.45) is 0 Å². The van der Waals surface area contributed by atoms with Gasteiger partial charge in [0.05, 0.1) is 9.81 Å². The Morgan fingerprint density at radius 2 is 1.00 bits per heavy atom. The maximum Gasteiger partial charge on any atom is 0.201 e. The highest BCUT2D eigenvalue weighted by molar-refractivity contribution is 8.09. The molecule has 118 valence electrons. The molecule has 2 rings (SSSR count). The Morgan fingerprint density at radius 3 is 1.27 bits per heavy atom. The van der Waals surface area contributed by atoms with Crippen molar-refractivity contribution in [2.45, 2.75) is 51.0 Å². The first-order valence-corrected chi connectivity index (χ1v) is 8.94. The molecular weight excluding hydrogens is 312 g/mol. The van der Waals surface area contributed by atoms with E-state index in [1.54, 1.807) is 12.1 Å². The number of hydrogen-bond acceptors (Lipinski definition) is 4. The van der Waals surface area contributed by atoms with E-state index in [1.165, 1.54) is 23.5 Å². The van der Waals surface area contributed by atoms with Gasteiger partial charge in [-0.2, -0.15) is 0 Å². The van der Waals surface area contributed by atoms with Gasteiger partial charge in [0, 0.05) is 20.6 Å². The lowest BCUT2D eigenvalue weighted by Crippen LogP contribution is -2.24. The average Bonchev–Trinajstić information content (AvgIpc) is 2.37. The smallest absolute Gasteiger partial charge is 0.201 e. The zero-order valence-electron chi connectivity index (χ0n) is 13.9. The van der Waals surface area contributed by atoms with Crippen molar-refractivity contribution in [1.29, 1.82) is 0 Å². The van der Waals surface area contributed by atoms with E-state index in [4.69, 9.17) is 0 Å². The highest BCUT2D eigenvalue weighted by Gasteiger charge is 2.36. The summed E-state index contributed by atoms with van der Waals surface area (Å²) in [6, 6.07) is 7.12. The molecule has 0 saturated carbocycles. The van der Waals surface area contributed by atoms with E-state index in [2.05, 4.69) is 41.5 Å². The summed E-state index contributed by atoms with van der Waals surface area (Å²) < 4.78 is -0.248. The fraction of sp³-hybridized carbons (Fsp3) is 0.444. The molecule has 0 bridgehead atoms. The van der Waals surface area contributed by atoms with Gasteiger partial charge in [0.1, 0.15) is 0 Å². The Morgan fingerprint density at radius 1 is 0.682 bits per heavy atom. The van der Waals surface area contributed by atoms with Gasteiger partial charge in [0.25, 0.3) is 0 Å². The maximum absolute atomic E-state index is 12.9. The first-order valence-electron chi connectivity index (χ1n) is 7.30. The Balaban J connectivity index is 2.60. The molecule has 4 heteroatoms. The van der Waals surface area contributed by atoms with Crippen LogP contribution in [-0.2, 0) is 0 Å². The normalized spacial score (nSPS) is 16.1. The average molecular weight is 335 g/mol. The summed E-state index contributed by atoms with van der Waals surface area (Å²) in [6.07, 6.45) is 0. The predicted molar refractivity (Wildman–Crippen MR) is 96.8 cm³/mol. The number of rotatable bonds is 2. The summed E-state index contributed by atoms with van der Waals surface area (Å²) >= 11 is 2.98. The minimum absolute atomic E-state index is 0.0260. The molecule has 0 fully saturated rings. The highest BCUT2D eigenvalue weighted by Crippen LogP contribution is 2.45. The van der Waals surface area contributed by atoms with Crippen molar-refractivity contribution in [3.05, 3.63) is 45.2 Å². The van der Waals surface area contributed by atoms with Gasteiger partial charge in [0.2, 0.25) is 11.6 Å². The van der Waals surface area contributed by atoms with Gasteiger partial charge in [0.15, 0.2) is 0 Å². The molecule has 0 N–H and O–H groups in total. The Kier molecular flexibility index (Phi) is 4.65. The van der Waals surface area contributed by atoms with Crippen molar-refractivity contribution in [3.8, 4) is 0 Å². The van der Waals surface area contributed by atoms with Crippen molar-refractivity contribution < 1.29 is 9.59 Å². The van der Waals surface area contributed by atoms with Gasteiger partial charge in [-0.3, -0.25) is 9.59 Å². The number of fused-ring (bicyclic) bond motifs is 1. The zero-order chi connectivity index (χ0) is 16.7. The van der Waals surface area contributed by atoms with E-state index in [0.29, 0.717) is 20.9 Å². The summed E-state index contributed by atoms with van der Waals surface area (Å²) in [5.74, 6) is -0.0521. The first-order chi connectivity index (χ1) is 9.99. The summed E-state index contributed by atoms with van der Waals surface area (Å²) in [6.45, 7) is 12.3. The summed E-state index contributed by atoms with van der Waals surface area (Å²) in [5.41, 5.74) is 1.05. The third kappa shape index (κ3) is 3.85. The van der Waals surface area contributed by atoms with Gasteiger partial charge in [-0.25, -0.2) is 0 Å². The molecule has 0 atom stereocenters. The highest BCUT2D eigenvalue weighted by atomic mass is 32.2. The van der Waals surface area contributed by atoms with E-state index < -0.39 is 0 Å². The van der Waals surface area contributed by atoms with Crippen molar-refractivity contribution in [1.82, 2.24) is 0 Å². The van der Waals surface area contributed by atoms with E-state index in [-0.39, 0.29) is 21.1 Å². The van der Waals surface area contributed by atoms with Gasteiger partial charge in [-0.1, -0.05) is 65.8 Å². The maximum atomic E-state index is 12.9. The fourth-order valence-electron chi connectivity index (χ4n) is 2.13. The lowest BCUT2D eigenvalue weighted by atomic mass is 9.94. The van der Waals surface area contributed by atoms with Gasteiger partial charge < -0.3 is 0 Å². The monoisotopic (exact) mass is 334 g/mol. The fourth-order valence-corrected chi connectivity index (χ4v) is 4.38. The Labute approximate surface area is 141 Å². The van der Waals surface area contributed by atoms with Crippen LogP contribution in [0.2, 0.25) is 0 Å². The van der Waals surface area contributed by atoms with Crippen LogP contribution >= 0.6 is 23.5 Å². The van der Waals surface area contributed by atoms with E-state index >= 15 is 0 Å². The van der Waals surface area contributed by atoms with Crippen LogP contribution in [0.4, 0.5) is 0 Å². The van der Waals surface area contributed by atoms with Crippen LogP contribution < -0.4 is 0 Å². The van der Waals surface area contributed by atoms with E-state index in [0.717, 1.165) is 0 Å². The van der Waals surface area contributed by atoms with Crippen LogP contribution in [0.1, 0.15) is 62.3 Å². The largest absolute Gasteiger partial charge is 0.288 e. The number of benzene rings is 1. The first kappa shape index (κ1) is 17.4. The van der Waals surface area contributed by atoms with Gasteiger partial charge in [-0.05, 0) is 0 Å². The van der Waals surface area contributed by atoms with Crippen molar-refractivity contribution in [2.75, 3.05) is 0 Å². The van der Waals surface area contributed by atoms with Crippen LogP contribution in [0.3, 0.4) is 0 Å². The summed E-state index contributed by atoms with van der Waals surface area (Å²) in [7, 11) is 0. The number of hydrogen-bond donors (Lipinski definition) is 0. The lowest BCUT2D eigenvalue weighted by Gasteiger charge is -2.28. The van der Waals surface area contributed by atoms with Crippen LogP contribution in [0, 0.1) is 0 Å². The number of thioether (sulfide) groups is 2. The van der Waals surface area contributed by atoms with Crippen molar-refractivity contribution in [3.63, 3.8) is 0 Å². The standard InChI is InChI=1S/C18H22O2S2/c1-17(2,3)21-15-13(19)11-9-7-8-10-12(11)14(20)16(15)22-18(4,5)6/h7-10H,1-6H3. The third-order valence-corrected chi connectivity index (χ3v) is 5.39. The minimum atomic E-state index is -0.124. The molecular formula is C18H22O2S2. The second-order valence-corrected chi connectivity index (χ2v) is 11.0. The molecule has 0 aliphatic heterocycles. The Hall–Kier alpha value is -1.00. The second kappa shape index (κ2) is 5.89. The number of allylic oxidation sites excluding steroid dienone is 2. The SMILES string of the molecule is CC(C)(C)SC1=C(SC(C)(C)C)C(=O)c2ccccc2C1=O. The molecule has 1 aromatic rings. The van der Waals surface area contributed by atoms with E-state index in [1.807, 2.05) is 12.1 Å². The molecule has 0 aromatic heterocycles. The molecule has 1 aliphatic rings.